The Labute approximate surface area is 196 Å². The molecular weight excluding hydrogens is 422 g/mol. The fourth-order valence-electron chi connectivity index (χ4n) is 4.35. The maximum atomic E-state index is 4.64. The van der Waals surface area contributed by atoms with Crippen molar-refractivity contribution in [2.75, 3.05) is 5.32 Å². The summed E-state index contributed by atoms with van der Waals surface area (Å²) in [4.78, 5) is 16.5. The van der Waals surface area contributed by atoms with Crippen molar-refractivity contribution in [3.63, 3.8) is 0 Å². The lowest BCUT2D eigenvalue weighted by atomic mass is 10.0. The molecule has 5 heterocycles. The van der Waals surface area contributed by atoms with Crippen LogP contribution in [0.1, 0.15) is 13.8 Å². The summed E-state index contributed by atoms with van der Waals surface area (Å²) in [6.07, 6.45) is 11.1. The molecule has 0 bridgehead atoms. The van der Waals surface area contributed by atoms with Gasteiger partial charge in [-0.05, 0) is 61.4 Å². The maximum absolute atomic E-state index is 4.64. The molecule has 0 saturated carbocycles. The van der Waals surface area contributed by atoms with Gasteiger partial charge in [0.15, 0.2) is 0 Å². The van der Waals surface area contributed by atoms with Gasteiger partial charge in [-0.3, -0.25) is 20.1 Å². The average Bonchev–Trinajstić information content (AvgIpc) is 3.48. The van der Waals surface area contributed by atoms with Crippen LogP contribution in [0.4, 0.5) is 5.69 Å². The number of aromatic amines is 2. The minimum absolute atomic E-state index is 0.341. The third kappa shape index (κ3) is 3.57. The van der Waals surface area contributed by atoms with E-state index in [1.54, 1.807) is 12.4 Å². The van der Waals surface area contributed by atoms with E-state index in [-0.39, 0.29) is 0 Å². The molecule has 7 heteroatoms. The van der Waals surface area contributed by atoms with Crippen LogP contribution in [-0.2, 0) is 0 Å². The molecule has 6 rings (SSSR count). The Morgan fingerprint density at radius 3 is 2.44 bits per heavy atom. The van der Waals surface area contributed by atoms with Gasteiger partial charge in [0.1, 0.15) is 5.69 Å². The number of nitrogens with zero attached hydrogens (tertiary/aromatic N) is 4. The van der Waals surface area contributed by atoms with Crippen molar-refractivity contribution in [3.8, 4) is 33.6 Å². The van der Waals surface area contributed by atoms with Gasteiger partial charge >= 0.3 is 0 Å². The van der Waals surface area contributed by atoms with Gasteiger partial charge in [-0.1, -0.05) is 6.07 Å². The van der Waals surface area contributed by atoms with Crippen LogP contribution in [-0.4, -0.2) is 36.2 Å². The Balaban J connectivity index is 1.45. The summed E-state index contributed by atoms with van der Waals surface area (Å²) in [5.41, 5.74) is 9.05. The lowest BCUT2D eigenvalue weighted by Crippen LogP contribution is -2.09. The molecule has 5 aromatic heterocycles. The van der Waals surface area contributed by atoms with Gasteiger partial charge < -0.3 is 10.3 Å². The molecule has 1 aromatic carbocycles. The average molecular weight is 446 g/mol. The monoisotopic (exact) mass is 445 g/mol. The predicted octanol–water partition coefficient (Wildman–Crippen LogP) is 6.05. The van der Waals surface area contributed by atoms with Crippen molar-refractivity contribution in [1.29, 1.82) is 0 Å². The van der Waals surface area contributed by atoms with E-state index in [1.165, 1.54) is 0 Å². The molecule has 0 fully saturated rings. The first-order chi connectivity index (χ1) is 16.7. The Hall–Kier alpha value is -4.52. The van der Waals surface area contributed by atoms with Crippen LogP contribution in [0.5, 0.6) is 0 Å². The summed E-state index contributed by atoms with van der Waals surface area (Å²) in [5, 5.41) is 13.4. The molecule has 34 heavy (non-hydrogen) atoms. The Morgan fingerprint density at radius 1 is 0.735 bits per heavy atom. The Bertz CT molecular complexity index is 1610. The zero-order valence-corrected chi connectivity index (χ0v) is 18.9. The van der Waals surface area contributed by atoms with Crippen molar-refractivity contribution in [1.82, 2.24) is 30.1 Å². The third-order valence-corrected chi connectivity index (χ3v) is 5.88. The van der Waals surface area contributed by atoms with Gasteiger partial charge in [0, 0.05) is 58.9 Å². The molecule has 0 radical (unpaired) electrons. The van der Waals surface area contributed by atoms with Gasteiger partial charge in [-0.2, -0.15) is 5.10 Å². The van der Waals surface area contributed by atoms with Crippen LogP contribution in [0.15, 0.2) is 79.6 Å². The number of hydrogen-bond donors (Lipinski definition) is 3. The molecule has 7 nitrogen and oxygen atoms in total. The van der Waals surface area contributed by atoms with E-state index in [9.17, 15) is 0 Å². The maximum Gasteiger partial charge on any atom is 0.116 e. The van der Waals surface area contributed by atoms with Crippen LogP contribution >= 0.6 is 0 Å². The van der Waals surface area contributed by atoms with E-state index >= 15 is 0 Å². The van der Waals surface area contributed by atoms with Crippen LogP contribution in [0.25, 0.3) is 55.4 Å². The van der Waals surface area contributed by atoms with E-state index in [4.69, 9.17) is 0 Å². The normalized spacial score (nSPS) is 11.5. The quantitative estimate of drug-likeness (QED) is 0.300. The lowest BCUT2D eigenvalue weighted by molar-refractivity contribution is 0.898. The molecular formula is C27H23N7. The van der Waals surface area contributed by atoms with Gasteiger partial charge in [-0.15, -0.1) is 0 Å². The summed E-state index contributed by atoms with van der Waals surface area (Å²) >= 11 is 0. The van der Waals surface area contributed by atoms with Crippen LogP contribution < -0.4 is 5.32 Å². The van der Waals surface area contributed by atoms with Crippen LogP contribution in [0, 0.1) is 0 Å². The second-order valence-electron chi connectivity index (χ2n) is 8.66. The number of benzene rings is 1. The molecule has 0 unspecified atom stereocenters. The van der Waals surface area contributed by atoms with E-state index < -0.39 is 0 Å². The van der Waals surface area contributed by atoms with Gasteiger partial charge in [0.2, 0.25) is 0 Å². The molecule has 0 spiro atoms. The van der Waals surface area contributed by atoms with Crippen LogP contribution in [0.3, 0.4) is 0 Å². The number of anilines is 1. The molecule has 0 atom stereocenters. The van der Waals surface area contributed by atoms with E-state index in [1.807, 2.05) is 36.9 Å². The molecule has 0 amide bonds. The van der Waals surface area contributed by atoms with Crippen molar-refractivity contribution in [3.05, 3.63) is 79.6 Å². The van der Waals surface area contributed by atoms with E-state index in [2.05, 4.69) is 79.6 Å². The van der Waals surface area contributed by atoms with Crippen molar-refractivity contribution < 1.29 is 0 Å². The minimum Gasteiger partial charge on any atom is -0.382 e. The van der Waals surface area contributed by atoms with Crippen molar-refractivity contribution >= 4 is 27.5 Å². The van der Waals surface area contributed by atoms with E-state index in [0.717, 1.165) is 61.1 Å². The number of pyridine rings is 3. The molecule has 166 valence electrons. The summed E-state index contributed by atoms with van der Waals surface area (Å²) in [5.74, 6) is 0. The highest BCUT2D eigenvalue weighted by atomic mass is 15.1. The molecule has 0 aliphatic rings. The number of aromatic nitrogens is 6. The number of fused-ring (bicyclic) bond motifs is 2. The highest BCUT2D eigenvalue weighted by Crippen LogP contribution is 2.34. The first-order valence-corrected chi connectivity index (χ1v) is 11.2. The Kier molecular flexibility index (Phi) is 4.80. The lowest BCUT2D eigenvalue weighted by Gasteiger charge is -2.11. The first-order valence-electron chi connectivity index (χ1n) is 11.2. The number of nitrogens with one attached hydrogen (secondary N) is 3. The summed E-state index contributed by atoms with van der Waals surface area (Å²) in [7, 11) is 0. The third-order valence-electron chi connectivity index (χ3n) is 5.88. The fourth-order valence-corrected chi connectivity index (χ4v) is 4.35. The highest BCUT2D eigenvalue weighted by molar-refractivity contribution is 6.01. The largest absolute Gasteiger partial charge is 0.382 e. The molecule has 0 aliphatic heterocycles. The molecule has 0 aliphatic carbocycles. The summed E-state index contributed by atoms with van der Waals surface area (Å²) in [6.45, 7) is 4.23. The minimum atomic E-state index is 0.341. The summed E-state index contributed by atoms with van der Waals surface area (Å²) in [6, 6.07) is 14.9. The second kappa shape index (κ2) is 8.12. The van der Waals surface area contributed by atoms with Crippen molar-refractivity contribution in [2.45, 2.75) is 19.9 Å². The molecule has 3 N–H and O–H groups in total. The van der Waals surface area contributed by atoms with Gasteiger partial charge in [0.05, 0.1) is 28.6 Å². The second-order valence-corrected chi connectivity index (χ2v) is 8.66. The smallest absolute Gasteiger partial charge is 0.116 e. The number of H-pyrrole nitrogens is 2. The zero-order chi connectivity index (χ0) is 23.1. The Morgan fingerprint density at radius 2 is 1.59 bits per heavy atom. The predicted molar refractivity (Wildman–Crippen MR) is 136 cm³/mol. The topological polar surface area (TPSA) is 95.2 Å². The zero-order valence-electron chi connectivity index (χ0n) is 18.9. The van der Waals surface area contributed by atoms with Gasteiger partial charge in [0.25, 0.3) is 0 Å². The fraction of sp³-hybridized carbons (Fsp3) is 0.111. The van der Waals surface area contributed by atoms with Gasteiger partial charge in [-0.25, -0.2) is 0 Å². The molecule has 0 saturated heterocycles. The number of hydrogen-bond acceptors (Lipinski definition) is 5. The first kappa shape index (κ1) is 20.1. The standard InChI is InChI=1S/C27H23N7/c1-16(2)31-20-9-19(12-29-13-20)18-3-4-24-22(10-18)27(34-33-24)25-11-21-23(14-30-15-26(21)32-25)17-5-7-28-8-6-17/h3-16,31-32H,1-2H3,(H,33,34). The molecule has 6 aromatic rings. The highest BCUT2D eigenvalue weighted by Gasteiger charge is 2.15. The van der Waals surface area contributed by atoms with Crippen LogP contribution in [0.2, 0.25) is 0 Å². The van der Waals surface area contributed by atoms with E-state index in [0.29, 0.717) is 6.04 Å². The number of rotatable bonds is 5. The van der Waals surface area contributed by atoms with Crippen molar-refractivity contribution in [2.24, 2.45) is 0 Å². The summed E-state index contributed by atoms with van der Waals surface area (Å²) < 4.78 is 0. The SMILES string of the molecule is CC(C)Nc1cncc(-c2ccc3[nH]nc(-c4cc5c(-c6ccncc6)cncc5[nH]4)c3c2)c1.